The second kappa shape index (κ2) is 7.48. The van der Waals surface area contributed by atoms with Crippen molar-refractivity contribution in [3.8, 4) is 11.8 Å². The fourth-order valence-electron chi connectivity index (χ4n) is 1.98. The number of sulfonamides is 1. The van der Waals surface area contributed by atoms with Crippen LogP contribution in [0, 0.1) is 11.3 Å². The number of nitrogens with one attached hydrogen (secondary N) is 1. The van der Waals surface area contributed by atoms with Crippen LogP contribution in [0.25, 0.3) is 0 Å². The molecule has 0 saturated carbocycles. The third-order valence-corrected chi connectivity index (χ3v) is 6.07. The lowest BCUT2D eigenvalue weighted by molar-refractivity contribution is 0.0693. The molecule has 3 N–H and O–H groups in total. The Bertz CT molecular complexity index is 1160. The summed E-state index contributed by atoms with van der Waals surface area (Å²) in [6, 6.07) is 9.01. The van der Waals surface area contributed by atoms with Gasteiger partial charge < -0.3 is 10.2 Å². The van der Waals surface area contributed by atoms with Gasteiger partial charge in [0.1, 0.15) is 11.3 Å². The average molecular weight is 408 g/mol. The summed E-state index contributed by atoms with van der Waals surface area (Å²) >= 11 is 0. The van der Waals surface area contributed by atoms with Crippen molar-refractivity contribution in [3.63, 3.8) is 0 Å². The van der Waals surface area contributed by atoms with Crippen molar-refractivity contribution in [2.45, 2.75) is 9.79 Å². The van der Waals surface area contributed by atoms with E-state index in [4.69, 9.17) is 10.4 Å². The highest BCUT2D eigenvalue weighted by molar-refractivity contribution is 7.94. The maximum absolute atomic E-state index is 12.4. The summed E-state index contributed by atoms with van der Waals surface area (Å²) < 4.78 is 50.7. The van der Waals surface area contributed by atoms with Crippen LogP contribution < -0.4 is 4.72 Å². The highest BCUT2D eigenvalue weighted by Gasteiger charge is 2.19. The molecule has 9 nitrogen and oxygen atoms in total. The number of allylic oxidation sites excluding steroid dienone is 1. The van der Waals surface area contributed by atoms with Crippen molar-refractivity contribution < 1.29 is 31.8 Å². The predicted octanol–water partition coefficient (Wildman–Crippen LogP) is 1.70. The molecule has 0 unspecified atom stereocenters. The number of carboxylic acids is 1. The number of nitrogens with zero attached hydrogens (tertiary/aromatic N) is 1. The first-order chi connectivity index (χ1) is 12.6. The van der Waals surface area contributed by atoms with Gasteiger partial charge in [-0.05, 0) is 42.5 Å². The second-order valence-corrected chi connectivity index (χ2v) is 8.61. The number of benzene rings is 2. The van der Waals surface area contributed by atoms with Crippen molar-refractivity contribution in [1.29, 1.82) is 5.26 Å². The zero-order valence-electron chi connectivity index (χ0n) is 13.4. The molecule has 0 heterocycles. The van der Waals surface area contributed by atoms with Crippen molar-refractivity contribution in [1.82, 2.24) is 0 Å². The van der Waals surface area contributed by atoms with Crippen LogP contribution in [0.4, 0.5) is 5.69 Å². The smallest absolute Gasteiger partial charge is 0.339 e. The standard InChI is InChI=1S/C16H12N2O7S2/c17-8-1-9-26(22,23)12-4-2-11(3-5-12)18-27(24,25)13-6-7-15(19)14(10-13)16(20)21/h1-7,9-10,18-19H,(H,20,21)/b9-1+. The monoisotopic (exact) mass is 408 g/mol. The number of nitriles is 1. The number of hydrogen-bond donors (Lipinski definition) is 3. The van der Waals surface area contributed by atoms with Gasteiger partial charge in [0, 0.05) is 17.2 Å². The number of anilines is 1. The Morgan fingerprint density at radius 1 is 1.04 bits per heavy atom. The maximum Gasteiger partial charge on any atom is 0.339 e. The number of hydrogen-bond acceptors (Lipinski definition) is 7. The van der Waals surface area contributed by atoms with Gasteiger partial charge in [0.15, 0.2) is 0 Å². The van der Waals surface area contributed by atoms with E-state index in [2.05, 4.69) is 4.72 Å². The highest BCUT2D eigenvalue weighted by atomic mass is 32.2. The molecule has 140 valence electrons. The van der Waals surface area contributed by atoms with Gasteiger partial charge in [-0.1, -0.05) is 0 Å². The van der Waals surface area contributed by atoms with Gasteiger partial charge in [-0.15, -0.1) is 0 Å². The minimum Gasteiger partial charge on any atom is -0.507 e. The SMILES string of the molecule is N#C/C=C/S(=O)(=O)c1ccc(NS(=O)(=O)c2ccc(O)c(C(=O)O)c2)cc1. The molecule has 0 aromatic heterocycles. The van der Waals surface area contributed by atoms with Gasteiger partial charge in [-0.25, -0.2) is 21.6 Å². The average Bonchev–Trinajstić information content (AvgIpc) is 2.60. The lowest BCUT2D eigenvalue weighted by Crippen LogP contribution is -2.14. The van der Waals surface area contributed by atoms with Gasteiger partial charge in [-0.3, -0.25) is 4.72 Å². The van der Waals surface area contributed by atoms with Crippen LogP contribution in [0.1, 0.15) is 10.4 Å². The molecule has 0 spiro atoms. The summed E-state index contributed by atoms with van der Waals surface area (Å²) in [6.45, 7) is 0. The fraction of sp³-hybridized carbons (Fsp3) is 0. The van der Waals surface area contributed by atoms with Crippen molar-refractivity contribution in [2.24, 2.45) is 0 Å². The largest absolute Gasteiger partial charge is 0.507 e. The summed E-state index contributed by atoms with van der Waals surface area (Å²) in [7, 11) is -8.01. The zero-order chi connectivity index (χ0) is 20.2. The van der Waals surface area contributed by atoms with E-state index in [-0.39, 0.29) is 10.6 Å². The summed E-state index contributed by atoms with van der Waals surface area (Å²) in [6.07, 6.45) is 0.802. The van der Waals surface area contributed by atoms with Crippen LogP contribution >= 0.6 is 0 Å². The summed E-state index contributed by atoms with van der Waals surface area (Å²) in [4.78, 5) is 10.5. The van der Waals surface area contributed by atoms with Gasteiger partial charge in [0.05, 0.1) is 15.9 Å². The Hall–Kier alpha value is -3.36. The molecule has 0 aliphatic rings. The third-order valence-electron chi connectivity index (χ3n) is 3.27. The van der Waals surface area contributed by atoms with E-state index in [1.807, 2.05) is 0 Å². The van der Waals surface area contributed by atoms with Crippen LogP contribution in [0.3, 0.4) is 0 Å². The normalized spacial score (nSPS) is 11.8. The maximum atomic E-state index is 12.4. The predicted molar refractivity (Wildman–Crippen MR) is 94.3 cm³/mol. The topological polar surface area (TPSA) is 162 Å². The van der Waals surface area contributed by atoms with Crippen LogP contribution in [-0.2, 0) is 19.9 Å². The summed E-state index contributed by atoms with van der Waals surface area (Å²) in [5.74, 6) is -2.08. The van der Waals surface area contributed by atoms with Gasteiger partial charge in [-0.2, -0.15) is 5.26 Å². The minimum atomic E-state index is -4.18. The molecule has 2 aromatic rings. The highest BCUT2D eigenvalue weighted by Crippen LogP contribution is 2.24. The van der Waals surface area contributed by atoms with E-state index in [0.717, 1.165) is 41.8 Å². The summed E-state index contributed by atoms with van der Waals surface area (Å²) in [5.41, 5.74) is -0.549. The minimum absolute atomic E-state index is 0.0307. The van der Waals surface area contributed by atoms with Crippen molar-refractivity contribution >= 4 is 31.5 Å². The first kappa shape index (κ1) is 20.0. The molecular formula is C16H12N2O7S2. The third kappa shape index (κ3) is 4.63. The summed E-state index contributed by atoms with van der Waals surface area (Å²) in [5, 5.41) is 27.5. The molecule has 0 amide bonds. The van der Waals surface area contributed by atoms with Gasteiger partial charge in [0.2, 0.25) is 9.84 Å². The molecule has 0 saturated heterocycles. The first-order valence-corrected chi connectivity index (χ1v) is 10.1. The van der Waals surface area contributed by atoms with E-state index < -0.39 is 42.0 Å². The van der Waals surface area contributed by atoms with Gasteiger partial charge >= 0.3 is 5.97 Å². The van der Waals surface area contributed by atoms with Crippen LogP contribution in [-0.4, -0.2) is 33.0 Å². The van der Waals surface area contributed by atoms with E-state index in [0.29, 0.717) is 0 Å². The van der Waals surface area contributed by atoms with Crippen LogP contribution in [0.15, 0.2) is 63.7 Å². The Kier molecular flexibility index (Phi) is 5.53. The van der Waals surface area contributed by atoms with E-state index >= 15 is 0 Å². The number of aromatic carboxylic acids is 1. The quantitative estimate of drug-likeness (QED) is 0.608. The molecule has 0 aliphatic carbocycles. The number of rotatable bonds is 6. The van der Waals surface area contributed by atoms with Crippen molar-refractivity contribution in [3.05, 3.63) is 59.5 Å². The van der Waals surface area contributed by atoms with E-state index in [1.54, 1.807) is 6.07 Å². The lowest BCUT2D eigenvalue weighted by Gasteiger charge is -2.10. The van der Waals surface area contributed by atoms with Gasteiger partial charge in [0.25, 0.3) is 10.0 Å². The molecule has 27 heavy (non-hydrogen) atoms. The van der Waals surface area contributed by atoms with Crippen LogP contribution in [0.5, 0.6) is 5.75 Å². The molecule has 2 aromatic carbocycles. The molecule has 0 aliphatic heterocycles. The second-order valence-electron chi connectivity index (χ2n) is 5.09. The number of aromatic hydroxyl groups is 1. The van der Waals surface area contributed by atoms with E-state index in [9.17, 15) is 26.7 Å². The molecular weight excluding hydrogens is 396 g/mol. The first-order valence-electron chi connectivity index (χ1n) is 7.07. The number of carbonyl (C=O) groups is 1. The molecule has 0 radical (unpaired) electrons. The Labute approximate surface area is 154 Å². The molecule has 0 atom stereocenters. The fourth-order valence-corrected chi connectivity index (χ4v) is 3.98. The Morgan fingerprint density at radius 3 is 2.19 bits per heavy atom. The number of sulfone groups is 1. The zero-order valence-corrected chi connectivity index (χ0v) is 15.0. The van der Waals surface area contributed by atoms with Crippen molar-refractivity contribution in [2.75, 3.05) is 4.72 Å². The molecule has 11 heteroatoms. The van der Waals surface area contributed by atoms with Crippen LogP contribution in [0.2, 0.25) is 0 Å². The Morgan fingerprint density at radius 2 is 1.63 bits per heavy atom. The molecule has 0 bridgehead atoms. The van der Waals surface area contributed by atoms with E-state index in [1.165, 1.54) is 12.1 Å². The molecule has 0 fully saturated rings. The lowest BCUT2D eigenvalue weighted by atomic mass is 10.2. The number of phenols is 1. The Balaban J connectivity index is 2.32. The molecule has 2 rings (SSSR count). The number of carboxylic acid groups (broad SMARTS) is 1.